The van der Waals surface area contributed by atoms with Gasteiger partial charge in [-0.15, -0.1) is 0 Å². The Morgan fingerprint density at radius 1 is 0.857 bits per heavy atom. The van der Waals surface area contributed by atoms with Crippen molar-refractivity contribution in [3.63, 3.8) is 0 Å². The molecular weight excluding hydrogens is 458 g/mol. The van der Waals surface area contributed by atoms with Crippen molar-refractivity contribution in [2.45, 2.75) is 138 Å². The summed E-state index contributed by atoms with van der Waals surface area (Å²) in [5.74, 6) is 2.27. The Hall–Kier alpha value is -0.950. The first-order chi connectivity index (χ1) is 15.6. The summed E-state index contributed by atoms with van der Waals surface area (Å²) in [6, 6.07) is 0. The molecule has 1 aromatic rings. The molecule has 0 aliphatic carbocycles. The molecule has 0 bridgehead atoms. The van der Waals surface area contributed by atoms with Gasteiger partial charge in [0.15, 0.2) is 5.82 Å². The number of piperidine rings is 1. The summed E-state index contributed by atoms with van der Waals surface area (Å²) in [4.78, 5) is 4.44. The summed E-state index contributed by atoms with van der Waals surface area (Å²) in [7, 11) is -3.13. The Kier molecular flexibility index (Phi) is 11.1. The van der Waals surface area contributed by atoms with E-state index in [9.17, 15) is 8.42 Å². The Balaban J connectivity index is 0.000000351. The molecule has 1 aromatic heterocycles. The van der Waals surface area contributed by atoms with E-state index in [1.807, 2.05) is 0 Å². The molecule has 1 aliphatic rings. The zero-order valence-corrected chi connectivity index (χ0v) is 25.7. The van der Waals surface area contributed by atoms with Gasteiger partial charge in [-0.3, -0.25) is 0 Å². The third kappa shape index (κ3) is 11.8. The van der Waals surface area contributed by atoms with Gasteiger partial charge in [0.25, 0.3) is 0 Å². The predicted octanol–water partition coefficient (Wildman–Crippen LogP) is 7.39. The second-order valence-electron chi connectivity index (χ2n) is 14.8. The number of nitrogens with zero attached hydrogens (tertiary/aromatic N) is 3. The van der Waals surface area contributed by atoms with Gasteiger partial charge in [-0.05, 0) is 69.6 Å². The predicted molar refractivity (Wildman–Crippen MR) is 147 cm³/mol. The lowest BCUT2D eigenvalue weighted by Crippen LogP contribution is -2.46. The zero-order valence-electron chi connectivity index (χ0n) is 24.9. The average molecular weight is 514 g/mol. The Labute approximate surface area is 217 Å². The molecule has 206 valence electrons. The van der Waals surface area contributed by atoms with Gasteiger partial charge >= 0.3 is 0 Å². The van der Waals surface area contributed by atoms with Gasteiger partial charge < -0.3 is 4.52 Å². The fourth-order valence-electron chi connectivity index (χ4n) is 4.20. The summed E-state index contributed by atoms with van der Waals surface area (Å²) in [6.07, 6.45) is 7.70. The third-order valence-corrected chi connectivity index (χ3v) is 8.89. The molecule has 1 fully saturated rings. The van der Waals surface area contributed by atoms with Crippen molar-refractivity contribution in [1.82, 2.24) is 14.4 Å². The lowest BCUT2D eigenvalue weighted by molar-refractivity contribution is 0.205. The maximum atomic E-state index is 12.3. The molecular formula is C28H55N3O3S. The maximum absolute atomic E-state index is 12.3. The number of sulfonamides is 1. The topological polar surface area (TPSA) is 76.3 Å². The third-order valence-electron chi connectivity index (χ3n) is 6.29. The Morgan fingerprint density at radius 2 is 1.40 bits per heavy atom. The van der Waals surface area contributed by atoms with Crippen LogP contribution in [-0.2, 0) is 21.9 Å². The van der Waals surface area contributed by atoms with Crippen LogP contribution >= 0.6 is 0 Å². The van der Waals surface area contributed by atoms with E-state index < -0.39 is 14.8 Å². The van der Waals surface area contributed by atoms with Crippen LogP contribution in [0.2, 0.25) is 0 Å². The molecule has 1 aliphatic heterocycles. The molecule has 0 radical (unpaired) electrons. The van der Waals surface area contributed by atoms with Crippen LogP contribution < -0.4 is 0 Å². The van der Waals surface area contributed by atoms with E-state index in [1.165, 1.54) is 19.3 Å². The molecule has 0 unspecified atom stereocenters. The molecule has 0 amide bonds. The number of unbranched alkanes of at least 4 members (excludes halogenated alkanes) is 1. The fraction of sp³-hybridized carbons (Fsp3) is 0.929. The lowest BCUT2D eigenvalue weighted by Gasteiger charge is -2.37. The number of rotatable bonds is 6. The Bertz CT molecular complexity index is 855. The van der Waals surface area contributed by atoms with Crippen molar-refractivity contribution in [2.24, 2.45) is 16.7 Å². The normalized spacial score (nSPS) is 17.3. The van der Waals surface area contributed by atoms with Gasteiger partial charge in [0, 0.05) is 24.9 Å². The first kappa shape index (κ1) is 32.1. The van der Waals surface area contributed by atoms with E-state index >= 15 is 0 Å². The highest BCUT2D eigenvalue weighted by Crippen LogP contribution is 2.33. The van der Waals surface area contributed by atoms with Crippen molar-refractivity contribution < 1.29 is 12.9 Å². The van der Waals surface area contributed by atoms with E-state index in [0.29, 0.717) is 29.8 Å². The first-order valence-electron chi connectivity index (χ1n) is 13.4. The monoisotopic (exact) mass is 513 g/mol. The van der Waals surface area contributed by atoms with Crippen molar-refractivity contribution >= 4 is 10.0 Å². The second-order valence-corrected chi connectivity index (χ2v) is 17.4. The molecule has 0 aromatic carbocycles. The molecule has 2 rings (SSSR count). The summed E-state index contributed by atoms with van der Waals surface area (Å²) < 4.78 is 30.9. The molecule has 35 heavy (non-hydrogen) atoms. The largest absolute Gasteiger partial charge is 0.339 e. The van der Waals surface area contributed by atoms with E-state index in [0.717, 1.165) is 37.4 Å². The van der Waals surface area contributed by atoms with E-state index in [4.69, 9.17) is 4.52 Å². The number of hydrogen-bond acceptors (Lipinski definition) is 5. The minimum Gasteiger partial charge on any atom is -0.339 e. The van der Waals surface area contributed by atoms with Crippen LogP contribution in [0.1, 0.15) is 133 Å². The highest BCUT2D eigenvalue weighted by Gasteiger charge is 2.37. The quantitative estimate of drug-likeness (QED) is 0.371. The van der Waals surface area contributed by atoms with Crippen molar-refractivity contribution in [3.8, 4) is 0 Å². The summed E-state index contributed by atoms with van der Waals surface area (Å²) in [5.41, 5.74) is 0.744. The van der Waals surface area contributed by atoms with Crippen molar-refractivity contribution in [2.75, 3.05) is 13.1 Å². The van der Waals surface area contributed by atoms with Crippen LogP contribution in [0.5, 0.6) is 0 Å². The molecule has 0 saturated carbocycles. The van der Waals surface area contributed by atoms with Crippen molar-refractivity contribution in [1.29, 1.82) is 0 Å². The molecule has 0 atom stereocenters. The maximum Gasteiger partial charge on any atom is 0.226 e. The van der Waals surface area contributed by atoms with Crippen molar-refractivity contribution in [3.05, 3.63) is 11.7 Å². The lowest BCUT2D eigenvalue weighted by atomic mass is 9.81. The molecule has 6 nitrogen and oxygen atoms in total. The zero-order chi connectivity index (χ0) is 27.3. The summed E-state index contributed by atoms with van der Waals surface area (Å²) in [5, 5.41) is 4.03. The highest BCUT2D eigenvalue weighted by atomic mass is 32.2. The van der Waals surface area contributed by atoms with Crippen LogP contribution in [0.3, 0.4) is 0 Å². The van der Waals surface area contributed by atoms with E-state index in [1.54, 1.807) is 25.1 Å². The van der Waals surface area contributed by atoms with Gasteiger partial charge in [-0.25, -0.2) is 12.7 Å². The van der Waals surface area contributed by atoms with Crippen LogP contribution in [0.25, 0.3) is 0 Å². The van der Waals surface area contributed by atoms with Gasteiger partial charge in [0.1, 0.15) is 0 Å². The van der Waals surface area contributed by atoms with Crippen LogP contribution in [0.4, 0.5) is 0 Å². The van der Waals surface area contributed by atoms with Gasteiger partial charge in [-0.1, -0.05) is 73.9 Å². The smallest absolute Gasteiger partial charge is 0.226 e. The number of aryl methyl sites for hydroxylation is 1. The minimum atomic E-state index is -3.13. The van der Waals surface area contributed by atoms with Crippen LogP contribution in [-0.4, -0.2) is 40.7 Å². The minimum absolute atomic E-state index is 0.0207. The first-order valence-corrected chi connectivity index (χ1v) is 14.9. The average Bonchev–Trinajstić information content (AvgIpc) is 3.13. The van der Waals surface area contributed by atoms with E-state index in [-0.39, 0.29) is 5.41 Å². The number of hydrogen-bond donors (Lipinski definition) is 0. The van der Waals surface area contributed by atoms with E-state index in [2.05, 4.69) is 72.5 Å². The molecule has 0 N–H and O–H groups in total. The Morgan fingerprint density at radius 3 is 1.80 bits per heavy atom. The molecule has 2 heterocycles. The van der Waals surface area contributed by atoms with Gasteiger partial charge in [0.2, 0.25) is 15.9 Å². The highest BCUT2D eigenvalue weighted by molar-refractivity contribution is 7.90. The molecule has 1 saturated heterocycles. The fourth-order valence-corrected chi connectivity index (χ4v) is 5.67. The SMILES string of the molecule is CC(C)(C)CC1CCN(S(=O)(=O)C(C)(C)C)CC1.CC(C)(C)CCCCc1nc(C(C)(C)C)no1. The van der Waals surface area contributed by atoms with Crippen LogP contribution in [0, 0.1) is 16.7 Å². The van der Waals surface area contributed by atoms with Crippen LogP contribution in [0.15, 0.2) is 4.52 Å². The molecule has 0 spiro atoms. The number of aromatic nitrogens is 2. The standard InChI is InChI=1S/C14H26N2O.C14H29NO2S/c1-13(2,3)10-8-7-9-11-15-12(16-17-11)14(4,5)6;1-13(2,3)11-12-7-9-15(10-8-12)18(16,17)14(4,5)6/h7-10H2,1-6H3;12H,7-11H2,1-6H3. The summed E-state index contributed by atoms with van der Waals surface area (Å²) in [6.45, 7) is 26.6. The van der Waals surface area contributed by atoms with Gasteiger partial charge in [-0.2, -0.15) is 4.98 Å². The summed E-state index contributed by atoms with van der Waals surface area (Å²) >= 11 is 0. The second kappa shape index (κ2) is 12.1. The van der Waals surface area contributed by atoms with Gasteiger partial charge in [0.05, 0.1) is 4.75 Å². The molecule has 7 heteroatoms.